The normalized spacial score (nSPS) is 10.0. The smallest absolute Gasteiger partial charge is 0.220 e. The summed E-state index contributed by atoms with van der Waals surface area (Å²) in [6.07, 6.45) is 1.75. The number of nitriles is 1. The van der Waals surface area contributed by atoms with Crippen LogP contribution in [0.15, 0.2) is 42.5 Å². The van der Waals surface area contributed by atoms with Crippen LogP contribution < -0.4 is 10.1 Å². The summed E-state index contributed by atoms with van der Waals surface area (Å²) in [4.78, 5) is 11.8. The van der Waals surface area contributed by atoms with E-state index in [2.05, 4.69) is 11.4 Å². The molecule has 0 bridgehead atoms. The van der Waals surface area contributed by atoms with E-state index in [0.29, 0.717) is 42.7 Å². The van der Waals surface area contributed by atoms with Crippen LogP contribution in [-0.2, 0) is 11.3 Å². The van der Waals surface area contributed by atoms with Gasteiger partial charge in [-0.15, -0.1) is 0 Å². The number of amides is 1. The summed E-state index contributed by atoms with van der Waals surface area (Å²) in [7, 11) is 0. The van der Waals surface area contributed by atoms with Crippen LogP contribution in [0.5, 0.6) is 17.2 Å². The van der Waals surface area contributed by atoms with E-state index < -0.39 is 0 Å². The van der Waals surface area contributed by atoms with Crippen LogP contribution in [0, 0.1) is 11.3 Å². The fourth-order valence-corrected chi connectivity index (χ4v) is 2.22. The zero-order valence-electron chi connectivity index (χ0n) is 13.7. The standard InChI is InChI=1S/C19H20N2O4/c20-12-14-4-3-5-17(10-14)25-9-2-1-6-19(24)21-13-15-7-8-16(22)11-18(15)23/h3-5,7-8,10-11,22-23H,1-2,6,9,13H2,(H,21,24). The van der Waals surface area contributed by atoms with Gasteiger partial charge in [0.25, 0.3) is 0 Å². The Morgan fingerprint density at radius 1 is 1.16 bits per heavy atom. The summed E-state index contributed by atoms with van der Waals surface area (Å²) < 4.78 is 5.55. The van der Waals surface area contributed by atoms with Crippen LogP contribution in [-0.4, -0.2) is 22.7 Å². The maximum absolute atomic E-state index is 11.8. The van der Waals surface area contributed by atoms with E-state index in [1.807, 2.05) is 0 Å². The number of nitrogens with one attached hydrogen (secondary N) is 1. The third-order valence-corrected chi connectivity index (χ3v) is 3.57. The second-order valence-electron chi connectivity index (χ2n) is 5.53. The fourth-order valence-electron chi connectivity index (χ4n) is 2.22. The summed E-state index contributed by atoms with van der Waals surface area (Å²) in [5.74, 6) is 0.464. The molecule has 0 atom stereocenters. The Bertz CT molecular complexity index is 768. The van der Waals surface area contributed by atoms with E-state index in [1.165, 1.54) is 12.1 Å². The number of hydrogen-bond donors (Lipinski definition) is 3. The highest BCUT2D eigenvalue weighted by atomic mass is 16.5. The first-order chi connectivity index (χ1) is 12.1. The lowest BCUT2D eigenvalue weighted by atomic mass is 10.2. The molecule has 0 spiro atoms. The first kappa shape index (κ1) is 18.1. The van der Waals surface area contributed by atoms with Gasteiger partial charge in [0.15, 0.2) is 0 Å². The highest BCUT2D eigenvalue weighted by molar-refractivity contribution is 5.75. The number of hydrogen-bond acceptors (Lipinski definition) is 5. The third kappa shape index (κ3) is 6.07. The highest BCUT2D eigenvalue weighted by Gasteiger charge is 2.05. The van der Waals surface area contributed by atoms with Gasteiger partial charge in [-0.3, -0.25) is 4.79 Å². The van der Waals surface area contributed by atoms with Gasteiger partial charge in [0.2, 0.25) is 5.91 Å². The Kier molecular flexibility index (Phi) is 6.66. The molecule has 0 saturated carbocycles. The Morgan fingerprint density at radius 3 is 2.76 bits per heavy atom. The zero-order valence-corrected chi connectivity index (χ0v) is 13.7. The van der Waals surface area contributed by atoms with Gasteiger partial charge in [0, 0.05) is 24.6 Å². The Labute approximate surface area is 146 Å². The van der Waals surface area contributed by atoms with Crippen molar-refractivity contribution in [3.63, 3.8) is 0 Å². The molecule has 2 aromatic rings. The van der Waals surface area contributed by atoms with Gasteiger partial charge in [0.1, 0.15) is 17.2 Å². The number of ether oxygens (including phenoxy) is 1. The molecule has 0 aliphatic rings. The minimum absolute atomic E-state index is 0.0205. The second-order valence-corrected chi connectivity index (χ2v) is 5.53. The van der Waals surface area contributed by atoms with Crippen molar-refractivity contribution in [3.05, 3.63) is 53.6 Å². The minimum atomic E-state index is -0.112. The topological polar surface area (TPSA) is 103 Å². The van der Waals surface area contributed by atoms with Gasteiger partial charge in [-0.25, -0.2) is 0 Å². The summed E-state index contributed by atoms with van der Waals surface area (Å²) in [5, 5.41) is 30.4. The van der Waals surface area contributed by atoms with Crippen LogP contribution in [0.2, 0.25) is 0 Å². The van der Waals surface area contributed by atoms with Crippen molar-refractivity contribution in [2.75, 3.05) is 6.61 Å². The van der Waals surface area contributed by atoms with E-state index in [1.54, 1.807) is 30.3 Å². The van der Waals surface area contributed by atoms with Crippen molar-refractivity contribution >= 4 is 5.91 Å². The number of carbonyl (C=O) groups is 1. The van der Waals surface area contributed by atoms with Crippen molar-refractivity contribution in [3.8, 4) is 23.3 Å². The molecule has 0 unspecified atom stereocenters. The van der Waals surface area contributed by atoms with Gasteiger partial charge in [-0.1, -0.05) is 6.07 Å². The fraction of sp³-hybridized carbons (Fsp3) is 0.263. The second kappa shape index (κ2) is 9.18. The molecule has 0 radical (unpaired) electrons. The zero-order chi connectivity index (χ0) is 18.1. The summed E-state index contributed by atoms with van der Waals surface area (Å²) in [5.41, 5.74) is 1.10. The molecular weight excluding hydrogens is 320 g/mol. The maximum atomic E-state index is 11.8. The number of phenols is 2. The molecular formula is C19H20N2O4. The molecule has 3 N–H and O–H groups in total. The SMILES string of the molecule is N#Cc1cccc(OCCCCC(=O)NCc2ccc(O)cc2O)c1. The van der Waals surface area contributed by atoms with Crippen molar-refractivity contribution in [2.24, 2.45) is 0 Å². The molecule has 0 aromatic heterocycles. The van der Waals surface area contributed by atoms with E-state index in [0.717, 1.165) is 0 Å². The van der Waals surface area contributed by atoms with Gasteiger partial charge < -0.3 is 20.3 Å². The van der Waals surface area contributed by atoms with E-state index in [4.69, 9.17) is 10.00 Å². The number of benzene rings is 2. The Morgan fingerprint density at radius 2 is 2.00 bits per heavy atom. The average molecular weight is 340 g/mol. The highest BCUT2D eigenvalue weighted by Crippen LogP contribution is 2.22. The predicted molar refractivity (Wildman–Crippen MR) is 92.1 cm³/mol. The molecule has 2 rings (SSSR count). The van der Waals surface area contributed by atoms with Crippen LogP contribution in [0.25, 0.3) is 0 Å². The lowest BCUT2D eigenvalue weighted by Gasteiger charge is -2.08. The Balaban J connectivity index is 1.63. The number of nitrogens with zero attached hydrogens (tertiary/aromatic N) is 1. The van der Waals surface area contributed by atoms with Gasteiger partial charge in [0.05, 0.1) is 18.2 Å². The summed E-state index contributed by atoms with van der Waals surface area (Å²) >= 11 is 0. The number of unbranched alkanes of at least 4 members (excludes halogenated alkanes) is 1. The molecule has 130 valence electrons. The lowest BCUT2D eigenvalue weighted by Crippen LogP contribution is -2.22. The largest absolute Gasteiger partial charge is 0.508 e. The van der Waals surface area contributed by atoms with Crippen molar-refractivity contribution in [1.29, 1.82) is 5.26 Å². The molecule has 0 fully saturated rings. The molecule has 2 aromatic carbocycles. The van der Waals surface area contributed by atoms with Crippen molar-refractivity contribution in [2.45, 2.75) is 25.8 Å². The monoisotopic (exact) mass is 340 g/mol. The molecule has 0 aliphatic heterocycles. The predicted octanol–water partition coefficient (Wildman–Crippen LogP) is 2.83. The average Bonchev–Trinajstić information content (AvgIpc) is 2.61. The first-order valence-corrected chi connectivity index (χ1v) is 7.99. The molecule has 6 heteroatoms. The van der Waals surface area contributed by atoms with Crippen LogP contribution in [0.3, 0.4) is 0 Å². The first-order valence-electron chi connectivity index (χ1n) is 7.99. The van der Waals surface area contributed by atoms with E-state index in [-0.39, 0.29) is 24.0 Å². The maximum Gasteiger partial charge on any atom is 0.220 e. The van der Waals surface area contributed by atoms with E-state index in [9.17, 15) is 15.0 Å². The number of carbonyl (C=O) groups excluding carboxylic acids is 1. The third-order valence-electron chi connectivity index (χ3n) is 3.57. The van der Waals surface area contributed by atoms with Gasteiger partial charge >= 0.3 is 0 Å². The van der Waals surface area contributed by atoms with E-state index >= 15 is 0 Å². The Hall–Kier alpha value is -3.20. The quantitative estimate of drug-likeness (QED) is 0.641. The van der Waals surface area contributed by atoms with Crippen molar-refractivity contribution in [1.82, 2.24) is 5.32 Å². The summed E-state index contributed by atoms with van der Waals surface area (Å²) in [6.45, 7) is 0.684. The lowest BCUT2D eigenvalue weighted by molar-refractivity contribution is -0.121. The summed E-state index contributed by atoms with van der Waals surface area (Å²) in [6, 6.07) is 13.3. The van der Waals surface area contributed by atoms with Crippen LogP contribution >= 0.6 is 0 Å². The number of phenolic OH excluding ortho intramolecular Hbond substituents is 2. The molecule has 0 aliphatic carbocycles. The number of rotatable bonds is 8. The van der Waals surface area contributed by atoms with Crippen molar-refractivity contribution < 1.29 is 19.7 Å². The molecule has 6 nitrogen and oxygen atoms in total. The van der Waals surface area contributed by atoms with Gasteiger partial charge in [-0.05, 0) is 43.2 Å². The molecule has 25 heavy (non-hydrogen) atoms. The van der Waals surface area contributed by atoms with Crippen LogP contribution in [0.1, 0.15) is 30.4 Å². The van der Waals surface area contributed by atoms with Crippen LogP contribution in [0.4, 0.5) is 0 Å². The minimum Gasteiger partial charge on any atom is -0.508 e. The number of aromatic hydroxyl groups is 2. The molecule has 0 saturated heterocycles. The van der Waals surface area contributed by atoms with Gasteiger partial charge in [-0.2, -0.15) is 5.26 Å². The molecule has 1 amide bonds. The molecule has 0 heterocycles.